The zero-order valence-corrected chi connectivity index (χ0v) is 15.8. The first-order chi connectivity index (χ1) is 11.0. The van der Waals surface area contributed by atoms with E-state index in [1.807, 2.05) is 0 Å². The number of ether oxygens (including phenoxy) is 1. The van der Waals surface area contributed by atoms with Gasteiger partial charge in [-0.3, -0.25) is 4.79 Å². The van der Waals surface area contributed by atoms with Gasteiger partial charge in [0.15, 0.2) is 0 Å². The van der Waals surface area contributed by atoms with Gasteiger partial charge in [0.1, 0.15) is 0 Å². The van der Waals surface area contributed by atoms with E-state index in [0.29, 0.717) is 12.0 Å². The molecule has 0 radical (unpaired) electrons. The summed E-state index contributed by atoms with van der Waals surface area (Å²) in [7, 11) is 0. The lowest BCUT2D eigenvalue weighted by atomic mass is 9.97. The highest BCUT2D eigenvalue weighted by Gasteiger charge is 2.32. The molecule has 1 aliphatic heterocycles. The average molecular weight is 327 g/mol. The fourth-order valence-electron chi connectivity index (χ4n) is 3.01. The van der Waals surface area contributed by atoms with Crippen LogP contribution in [0, 0.1) is 11.8 Å². The lowest BCUT2D eigenvalue weighted by Gasteiger charge is -2.39. The summed E-state index contributed by atoms with van der Waals surface area (Å²) in [6, 6.07) is 0. The Morgan fingerprint density at radius 3 is 2.26 bits per heavy atom. The molecule has 1 rings (SSSR count). The zero-order valence-electron chi connectivity index (χ0n) is 15.8. The third kappa shape index (κ3) is 9.98. The van der Waals surface area contributed by atoms with Crippen molar-refractivity contribution in [2.75, 3.05) is 32.8 Å². The van der Waals surface area contributed by atoms with Gasteiger partial charge < -0.3 is 15.0 Å². The number of carbonyl (C=O) groups is 1. The standard InChI is InChI=1S/C19H38N2O2/c1-16(2)13-21-14-18(15-21)19(22)20-11-9-7-5-6-8-10-12-23-17(3)4/h16-18H,5-15H2,1-4H3,(H,20,22). The van der Waals surface area contributed by atoms with E-state index in [2.05, 4.69) is 37.9 Å². The Balaban J connectivity index is 1.84. The van der Waals surface area contributed by atoms with Crippen LogP contribution in [0.2, 0.25) is 0 Å². The van der Waals surface area contributed by atoms with E-state index in [-0.39, 0.29) is 11.8 Å². The maximum atomic E-state index is 12.0. The fraction of sp³-hybridized carbons (Fsp3) is 0.947. The maximum absolute atomic E-state index is 12.0. The topological polar surface area (TPSA) is 41.6 Å². The minimum absolute atomic E-state index is 0.231. The molecule has 0 bridgehead atoms. The van der Waals surface area contributed by atoms with Gasteiger partial charge in [0.05, 0.1) is 12.0 Å². The molecule has 0 aromatic rings. The Labute approximate surface area is 143 Å². The van der Waals surface area contributed by atoms with Gasteiger partial charge in [0, 0.05) is 32.8 Å². The second kappa shape index (κ2) is 11.9. The van der Waals surface area contributed by atoms with Crippen molar-refractivity contribution in [3.05, 3.63) is 0 Å². The summed E-state index contributed by atoms with van der Waals surface area (Å²) >= 11 is 0. The van der Waals surface area contributed by atoms with E-state index in [1.54, 1.807) is 0 Å². The Kier molecular flexibility index (Phi) is 10.5. The van der Waals surface area contributed by atoms with Gasteiger partial charge in [0.2, 0.25) is 5.91 Å². The molecule has 0 aromatic heterocycles. The van der Waals surface area contributed by atoms with Crippen LogP contribution in [0.4, 0.5) is 0 Å². The highest BCUT2D eigenvalue weighted by atomic mass is 16.5. The molecule has 0 saturated carbocycles. The first kappa shape index (κ1) is 20.4. The zero-order chi connectivity index (χ0) is 17.1. The molecule has 1 fully saturated rings. The van der Waals surface area contributed by atoms with Crippen molar-refractivity contribution in [2.24, 2.45) is 11.8 Å². The molecule has 4 nitrogen and oxygen atoms in total. The summed E-state index contributed by atoms with van der Waals surface area (Å²) in [5.41, 5.74) is 0. The summed E-state index contributed by atoms with van der Waals surface area (Å²) in [5.74, 6) is 1.18. The number of nitrogens with one attached hydrogen (secondary N) is 1. The summed E-state index contributed by atoms with van der Waals surface area (Å²) in [6.07, 6.45) is 7.65. The number of rotatable bonds is 13. The monoisotopic (exact) mass is 326 g/mol. The smallest absolute Gasteiger partial charge is 0.225 e. The minimum Gasteiger partial charge on any atom is -0.379 e. The van der Waals surface area contributed by atoms with E-state index >= 15 is 0 Å². The number of carbonyl (C=O) groups excluding carboxylic acids is 1. The normalized spacial score (nSPS) is 16.1. The van der Waals surface area contributed by atoms with E-state index in [4.69, 9.17) is 4.74 Å². The van der Waals surface area contributed by atoms with E-state index in [0.717, 1.165) is 39.2 Å². The molecule has 0 unspecified atom stereocenters. The summed E-state index contributed by atoms with van der Waals surface area (Å²) in [6.45, 7) is 13.4. The number of hydrogen-bond donors (Lipinski definition) is 1. The first-order valence-corrected chi connectivity index (χ1v) is 9.60. The van der Waals surface area contributed by atoms with Crippen molar-refractivity contribution in [1.29, 1.82) is 0 Å². The maximum Gasteiger partial charge on any atom is 0.225 e. The summed E-state index contributed by atoms with van der Waals surface area (Å²) < 4.78 is 5.53. The lowest BCUT2D eigenvalue weighted by molar-refractivity contribution is -0.130. The predicted molar refractivity (Wildman–Crippen MR) is 96.6 cm³/mol. The third-order valence-electron chi connectivity index (χ3n) is 4.27. The molecule has 1 saturated heterocycles. The SMILES string of the molecule is CC(C)CN1CC(C(=O)NCCCCCCCCOC(C)C)C1. The molecule has 23 heavy (non-hydrogen) atoms. The number of unbranched alkanes of at least 4 members (excludes halogenated alkanes) is 5. The van der Waals surface area contributed by atoms with Crippen molar-refractivity contribution in [3.8, 4) is 0 Å². The lowest BCUT2D eigenvalue weighted by Crippen LogP contribution is -2.54. The number of nitrogens with zero attached hydrogens (tertiary/aromatic N) is 1. The van der Waals surface area contributed by atoms with Gasteiger partial charge >= 0.3 is 0 Å². The van der Waals surface area contributed by atoms with Crippen LogP contribution in [0.5, 0.6) is 0 Å². The molecule has 0 aromatic carbocycles. The van der Waals surface area contributed by atoms with Crippen LogP contribution >= 0.6 is 0 Å². The molecule has 0 aliphatic carbocycles. The summed E-state index contributed by atoms with van der Waals surface area (Å²) in [4.78, 5) is 14.3. The molecule has 1 N–H and O–H groups in total. The molecule has 1 heterocycles. The van der Waals surface area contributed by atoms with E-state index in [1.165, 1.54) is 32.1 Å². The van der Waals surface area contributed by atoms with Crippen LogP contribution in [-0.4, -0.2) is 49.7 Å². The van der Waals surface area contributed by atoms with Gasteiger partial charge in [-0.1, -0.05) is 39.5 Å². The van der Waals surface area contributed by atoms with Crippen LogP contribution in [0.25, 0.3) is 0 Å². The van der Waals surface area contributed by atoms with Crippen molar-refractivity contribution >= 4 is 5.91 Å². The predicted octanol–water partition coefficient (Wildman–Crippen LogP) is 3.46. The van der Waals surface area contributed by atoms with Crippen molar-refractivity contribution in [2.45, 2.75) is 72.3 Å². The van der Waals surface area contributed by atoms with Crippen LogP contribution in [0.3, 0.4) is 0 Å². The highest BCUT2D eigenvalue weighted by molar-refractivity contribution is 5.79. The number of hydrogen-bond acceptors (Lipinski definition) is 3. The fourth-order valence-corrected chi connectivity index (χ4v) is 3.01. The van der Waals surface area contributed by atoms with Crippen molar-refractivity contribution in [3.63, 3.8) is 0 Å². The van der Waals surface area contributed by atoms with E-state index < -0.39 is 0 Å². The van der Waals surface area contributed by atoms with Crippen molar-refractivity contribution in [1.82, 2.24) is 10.2 Å². The van der Waals surface area contributed by atoms with Gasteiger partial charge in [-0.15, -0.1) is 0 Å². The van der Waals surface area contributed by atoms with Crippen LogP contribution in [0.1, 0.15) is 66.2 Å². The van der Waals surface area contributed by atoms with Gasteiger partial charge in [-0.25, -0.2) is 0 Å². The highest BCUT2D eigenvalue weighted by Crippen LogP contribution is 2.17. The van der Waals surface area contributed by atoms with Crippen LogP contribution < -0.4 is 5.32 Å². The second-order valence-electron chi connectivity index (χ2n) is 7.64. The number of amides is 1. The van der Waals surface area contributed by atoms with Gasteiger partial charge in [-0.05, 0) is 32.6 Å². The Hall–Kier alpha value is -0.610. The molecule has 4 heteroatoms. The Morgan fingerprint density at radius 1 is 1.04 bits per heavy atom. The summed E-state index contributed by atoms with van der Waals surface area (Å²) in [5, 5.41) is 3.10. The first-order valence-electron chi connectivity index (χ1n) is 9.60. The van der Waals surface area contributed by atoms with Crippen LogP contribution in [0.15, 0.2) is 0 Å². The molecule has 1 aliphatic rings. The third-order valence-corrected chi connectivity index (χ3v) is 4.27. The Bertz CT molecular complexity index is 312. The minimum atomic E-state index is 0.231. The molecule has 1 amide bonds. The largest absolute Gasteiger partial charge is 0.379 e. The molecule has 136 valence electrons. The van der Waals surface area contributed by atoms with Gasteiger partial charge in [-0.2, -0.15) is 0 Å². The molecule has 0 atom stereocenters. The average Bonchev–Trinajstić information content (AvgIpc) is 2.43. The molecule has 0 spiro atoms. The quantitative estimate of drug-likeness (QED) is 0.527. The van der Waals surface area contributed by atoms with Crippen LogP contribution in [-0.2, 0) is 9.53 Å². The van der Waals surface area contributed by atoms with Gasteiger partial charge in [0.25, 0.3) is 0 Å². The second-order valence-corrected chi connectivity index (χ2v) is 7.64. The van der Waals surface area contributed by atoms with Crippen molar-refractivity contribution < 1.29 is 9.53 Å². The number of likely N-dealkylation sites (tertiary alicyclic amines) is 1. The Morgan fingerprint density at radius 2 is 1.65 bits per heavy atom. The molecular weight excluding hydrogens is 288 g/mol. The van der Waals surface area contributed by atoms with E-state index in [9.17, 15) is 4.79 Å². The molecular formula is C19H38N2O2.